The minimum Gasteiger partial charge on any atom is -0.469 e. The van der Waals surface area contributed by atoms with Crippen molar-refractivity contribution in [3.8, 4) is 0 Å². The number of hydrogen-bond donors (Lipinski definition) is 0. The van der Waals surface area contributed by atoms with Crippen LogP contribution >= 0.6 is 0 Å². The first-order chi connectivity index (χ1) is 8.42. The molecule has 0 aromatic carbocycles. The molecule has 0 spiro atoms. The molecule has 1 fully saturated rings. The van der Waals surface area contributed by atoms with Gasteiger partial charge in [0.1, 0.15) is 11.6 Å². The summed E-state index contributed by atoms with van der Waals surface area (Å²) in [5.41, 5.74) is 0. The number of esters is 2. The Labute approximate surface area is 105 Å². The van der Waals surface area contributed by atoms with E-state index in [0.29, 0.717) is 0 Å². The van der Waals surface area contributed by atoms with Gasteiger partial charge in [0.15, 0.2) is 0 Å². The summed E-state index contributed by atoms with van der Waals surface area (Å²) >= 11 is 0. The molecule has 1 aliphatic rings. The molecule has 1 rings (SSSR count). The van der Waals surface area contributed by atoms with Crippen molar-refractivity contribution >= 4 is 23.5 Å². The molecule has 0 saturated heterocycles. The van der Waals surface area contributed by atoms with Gasteiger partial charge in [-0.25, -0.2) is 0 Å². The van der Waals surface area contributed by atoms with E-state index in [-0.39, 0.29) is 24.4 Å². The quantitative estimate of drug-likeness (QED) is 0.667. The summed E-state index contributed by atoms with van der Waals surface area (Å²) in [6.45, 7) is 1.30. The fourth-order valence-electron chi connectivity index (χ4n) is 2.44. The Morgan fingerprint density at radius 3 is 1.67 bits per heavy atom. The number of rotatable bonds is 3. The highest BCUT2D eigenvalue weighted by molar-refractivity contribution is 5.97. The van der Waals surface area contributed by atoms with Gasteiger partial charge in [-0.05, 0) is 6.92 Å². The van der Waals surface area contributed by atoms with Crippen molar-refractivity contribution in [2.75, 3.05) is 14.2 Å². The van der Waals surface area contributed by atoms with Gasteiger partial charge in [-0.3, -0.25) is 19.2 Å². The van der Waals surface area contributed by atoms with Crippen molar-refractivity contribution in [2.24, 2.45) is 17.8 Å². The smallest absolute Gasteiger partial charge is 0.309 e. The number of methoxy groups -OCH3 is 2. The molecule has 2 unspecified atom stereocenters. The first-order valence-corrected chi connectivity index (χ1v) is 5.60. The normalized spacial score (nSPS) is 27.5. The lowest BCUT2D eigenvalue weighted by atomic mass is 9.69. The monoisotopic (exact) mass is 256 g/mol. The van der Waals surface area contributed by atoms with E-state index >= 15 is 0 Å². The van der Waals surface area contributed by atoms with Gasteiger partial charge in [0.2, 0.25) is 0 Å². The Hall–Kier alpha value is -1.72. The van der Waals surface area contributed by atoms with E-state index in [1.807, 2.05) is 0 Å². The predicted octanol–water partition coefficient (Wildman–Crippen LogP) is 0.133. The lowest BCUT2D eigenvalue weighted by Crippen LogP contribution is -2.44. The molecule has 100 valence electrons. The van der Waals surface area contributed by atoms with E-state index in [9.17, 15) is 19.2 Å². The lowest BCUT2D eigenvalue weighted by molar-refractivity contribution is -0.162. The molecule has 0 heterocycles. The van der Waals surface area contributed by atoms with E-state index in [1.54, 1.807) is 0 Å². The lowest BCUT2D eigenvalue weighted by Gasteiger charge is -2.32. The third-order valence-corrected chi connectivity index (χ3v) is 3.24. The largest absolute Gasteiger partial charge is 0.469 e. The number of carbonyl (C=O) groups excluding carboxylic acids is 4. The number of hydrogen-bond acceptors (Lipinski definition) is 6. The molecule has 0 bridgehead atoms. The molecule has 1 aliphatic carbocycles. The molecule has 0 radical (unpaired) electrons. The summed E-state index contributed by atoms with van der Waals surface area (Å²) in [5.74, 6) is -4.46. The zero-order chi connectivity index (χ0) is 13.9. The molecule has 0 aromatic heterocycles. The highest BCUT2D eigenvalue weighted by Gasteiger charge is 2.47. The zero-order valence-electron chi connectivity index (χ0n) is 10.6. The fourth-order valence-corrected chi connectivity index (χ4v) is 2.44. The molecule has 6 heteroatoms. The number of Topliss-reactive ketones (excluding diaryl/α,β-unsaturated/α-hetero) is 2. The van der Waals surface area contributed by atoms with Crippen LogP contribution in [0.5, 0.6) is 0 Å². The van der Waals surface area contributed by atoms with Gasteiger partial charge in [0.25, 0.3) is 0 Å². The van der Waals surface area contributed by atoms with Crippen LogP contribution in [-0.2, 0) is 28.7 Å². The van der Waals surface area contributed by atoms with E-state index < -0.39 is 29.7 Å². The van der Waals surface area contributed by atoms with Crippen LogP contribution in [0.4, 0.5) is 0 Å². The minimum atomic E-state index is -0.891. The highest BCUT2D eigenvalue weighted by Crippen LogP contribution is 2.35. The Morgan fingerprint density at radius 1 is 1.00 bits per heavy atom. The summed E-state index contributed by atoms with van der Waals surface area (Å²) in [6, 6.07) is 0. The van der Waals surface area contributed by atoms with Crippen molar-refractivity contribution < 1.29 is 28.7 Å². The molecule has 6 nitrogen and oxygen atoms in total. The Bertz CT molecular complexity index is 358. The summed E-state index contributed by atoms with van der Waals surface area (Å²) in [5, 5.41) is 0. The van der Waals surface area contributed by atoms with Crippen LogP contribution in [-0.4, -0.2) is 37.7 Å². The third-order valence-electron chi connectivity index (χ3n) is 3.24. The standard InChI is InChI=1S/C12H16O6/c1-6(13)10-8(11(15)17-2)4-7(14)5-9(10)12(16)18-3/h8-10H,4-5H2,1-3H3. The Morgan fingerprint density at radius 2 is 1.39 bits per heavy atom. The SMILES string of the molecule is COC(=O)C1CC(=O)CC(C(=O)OC)C1C(C)=O. The molecular formula is C12H16O6. The number of ether oxygens (including phenoxy) is 2. The van der Waals surface area contributed by atoms with Crippen LogP contribution in [0.25, 0.3) is 0 Å². The zero-order valence-corrected chi connectivity index (χ0v) is 10.6. The Balaban J connectivity index is 3.09. The molecule has 2 atom stereocenters. The predicted molar refractivity (Wildman–Crippen MR) is 59.4 cm³/mol. The van der Waals surface area contributed by atoms with Crippen LogP contribution in [0.1, 0.15) is 19.8 Å². The van der Waals surface area contributed by atoms with Gasteiger partial charge < -0.3 is 9.47 Å². The molecule has 0 aliphatic heterocycles. The van der Waals surface area contributed by atoms with E-state index in [2.05, 4.69) is 9.47 Å². The van der Waals surface area contributed by atoms with E-state index in [1.165, 1.54) is 21.1 Å². The molecule has 1 saturated carbocycles. The first-order valence-electron chi connectivity index (χ1n) is 5.60. The van der Waals surface area contributed by atoms with Crippen LogP contribution < -0.4 is 0 Å². The van der Waals surface area contributed by atoms with Crippen LogP contribution in [0.2, 0.25) is 0 Å². The fraction of sp³-hybridized carbons (Fsp3) is 0.667. The van der Waals surface area contributed by atoms with Crippen LogP contribution in [0, 0.1) is 17.8 Å². The molecule has 0 amide bonds. The maximum atomic E-state index is 11.6. The van der Waals surface area contributed by atoms with Gasteiger partial charge in [-0.2, -0.15) is 0 Å². The summed E-state index contributed by atoms with van der Waals surface area (Å²) < 4.78 is 9.17. The summed E-state index contributed by atoms with van der Waals surface area (Å²) in [4.78, 5) is 46.4. The molecule has 18 heavy (non-hydrogen) atoms. The topological polar surface area (TPSA) is 86.7 Å². The van der Waals surface area contributed by atoms with Gasteiger partial charge in [0.05, 0.1) is 26.1 Å². The van der Waals surface area contributed by atoms with Gasteiger partial charge in [-0.1, -0.05) is 0 Å². The third kappa shape index (κ3) is 2.75. The molecule has 0 aromatic rings. The second-order valence-electron chi connectivity index (χ2n) is 4.34. The van der Waals surface area contributed by atoms with Gasteiger partial charge in [0, 0.05) is 18.8 Å². The molecular weight excluding hydrogens is 240 g/mol. The second-order valence-corrected chi connectivity index (χ2v) is 4.34. The summed E-state index contributed by atoms with van der Waals surface area (Å²) in [6.07, 6.45) is -0.130. The van der Waals surface area contributed by atoms with Crippen LogP contribution in [0.15, 0.2) is 0 Å². The first kappa shape index (κ1) is 14.3. The van der Waals surface area contributed by atoms with Crippen molar-refractivity contribution in [3.05, 3.63) is 0 Å². The average Bonchev–Trinajstić information content (AvgIpc) is 2.35. The van der Waals surface area contributed by atoms with Crippen molar-refractivity contribution in [1.82, 2.24) is 0 Å². The van der Waals surface area contributed by atoms with Crippen molar-refractivity contribution in [2.45, 2.75) is 19.8 Å². The number of ketones is 2. The van der Waals surface area contributed by atoms with E-state index in [4.69, 9.17) is 0 Å². The van der Waals surface area contributed by atoms with Crippen LogP contribution in [0.3, 0.4) is 0 Å². The summed E-state index contributed by atoms with van der Waals surface area (Å²) in [7, 11) is 2.37. The number of carbonyl (C=O) groups is 4. The maximum Gasteiger partial charge on any atom is 0.309 e. The van der Waals surface area contributed by atoms with Gasteiger partial charge >= 0.3 is 11.9 Å². The van der Waals surface area contributed by atoms with Crippen molar-refractivity contribution in [1.29, 1.82) is 0 Å². The molecule has 0 N–H and O–H groups in total. The van der Waals surface area contributed by atoms with E-state index in [0.717, 1.165) is 0 Å². The highest BCUT2D eigenvalue weighted by atomic mass is 16.5. The van der Waals surface area contributed by atoms with Crippen molar-refractivity contribution in [3.63, 3.8) is 0 Å². The Kier molecular flexibility index (Phi) is 4.58. The maximum absolute atomic E-state index is 11.6. The van der Waals surface area contributed by atoms with Gasteiger partial charge in [-0.15, -0.1) is 0 Å². The average molecular weight is 256 g/mol. The second kappa shape index (κ2) is 5.75. The minimum absolute atomic E-state index is 0.0651.